The number of hydrogen-bond acceptors (Lipinski definition) is 6. The van der Waals surface area contributed by atoms with Gasteiger partial charge in [-0.1, -0.05) is 59.1 Å². The van der Waals surface area contributed by atoms with Crippen LogP contribution in [0, 0.1) is 6.92 Å². The van der Waals surface area contributed by atoms with Crippen LogP contribution < -0.4 is 10.7 Å². The Kier molecular flexibility index (Phi) is 10.0. The minimum Gasteiger partial charge on any atom is -0.459 e. The fourth-order valence-corrected chi connectivity index (χ4v) is 5.70. The summed E-state index contributed by atoms with van der Waals surface area (Å²) in [6.07, 6.45) is 1.20. The number of halogens is 3. The second-order valence-electron chi connectivity index (χ2n) is 8.77. The van der Waals surface area contributed by atoms with E-state index in [2.05, 4.69) is 31.8 Å². The predicted molar refractivity (Wildman–Crippen MR) is 161 cm³/mol. The van der Waals surface area contributed by atoms with Crippen LogP contribution in [0.3, 0.4) is 0 Å². The third-order valence-corrected chi connectivity index (χ3v) is 8.94. The highest BCUT2D eigenvalue weighted by Crippen LogP contribution is 2.27. The molecule has 13 heteroatoms. The Balaban J connectivity index is 1.47. The molecule has 1 aromatic heterocycles. The first-order valence-electron chi connectivity index (χ1n) is 12.0. The number of nitrogens with one attached hydrogen (secondary N) is 2. The maximum atomic E-state index is 13.6. The predicted octanol–water partition coefficient (Wildman–Crippen LogP) is 6.14. The third-order valence-electron chi connectivity index (χ3n) is 5.70. The number of aryl methyl sites for hydroxylation is 1. The summed E-state index contributed by atoms with van der Waals surface area (Å²) in [6, 6.07) is 21.4. The van der Waals surface area contributed by atoms with Crippen LogP contribution in [-0.2, 0) is 32.7 Å². The molecule has 3 aromatic carbocycles. The average molecular weight is 678 g/mol. The van der Waals surface area contributed by atoms with Crippen molar-refractivity contribution in [2.45, 2.75) is 24.9 Å². The Morgan fingerprint density at radius 3 is 2.39 bits per heavy atom. The lowest BCUT2D eigenvalue weighted by atomic mass is 10.2. The molecule has 2 N–H and O–H groups in total. The molecule has 1 heterocycles. The fraction of sp³-hybridized carbons (Fsp3) is 0.107. The summed E-state index contributed by atoms with van der Waals surface area (Å²) >= 11 is 15.5. The number of benzene rings is 3. The smallest absolute Gasteiger partial charge is 0.329 e. The quantitative estimate of drug-likeness (QED) is 0.125. The van der Waals surface area contributed by atoms with Gasteiger partial charge in [0.2, 0.25) is 10.0 Å². The molecule has 0 radical (unpaired) electrons. The van der Waals surface area contributed by atoms with E-state index in [9.17, 15) is 18.0 Å². The Hall–Kier alpha value is -3.48. The number of para-hydroxylation sites is 1. The Morgan fingerprint density at radius 1 is 0.951 bits per heavy atom. The number of furan rings is 1. The molecule has 2 amide bonds. The molecular weight excluding hydrogens is 655 g/mol. The summed E-state index contributed by atoms with van der Waals surface area (Å²) in [4.78, 5) is 24.4. The van der Waals surface area contributed by atoms with E-state index in [1.807, 2.05) is 6.92 Å². The van der Waals surface area contributed by atoms with Crippen molar-refractivity contribution in [2.75, 3.05) is 5.32 Å². The number of rotatable bonds is 9. The summed E-state index contributed by atoms with van der Waals surface area (Å²) in [6.45, 7) is 1.76. The molecule has 0 unspecified atom stereocenters. The number of carbonyl (C=O) groups excluding carboxylic acids is 2. The second-order valence-corrected chi connectivity index (χ2v) is 12.4. The van der Waals surface area contributed by atoms with Crippen LogP contribution in [-0.4, -0.2) is 30.8 Å². The topological polar surface area (TPSA) is 121 Å². The first-order chi connectivity index (χ1) is 19.5. The van der Waals surface area contributed by atoms with E-state index in [1.165, 1.54) is 10.5 Å². The SMILES string of the molecule is Cc1ccc(S(=O)(=O)N(Cc2ccc(Cl)c(Cl)c2)Cc2ccc(/C=N/NC(=O)C(=O)Nc3ccccc3Br)o2)cc1. The molecule has 9 nitrogen and oxygen atoms in total. The number of anilines is 1. The van der Waals surface area contributed by atoms with Crippen LogP contribution in [0.25, 0.3) is 0 Å². The molecule has 41 heavy (non-hydrogen) atoms. The van der Waals surface area contributed by atoms with Gasteiger partial charge in [0.05, 0.1) is 33.4 Å². The number of carbonyl (C=O) groups is 2. The highest BCUT2D eigenvalue weighted by molar-refractivity contribution is 9.10. The van der Waals surface area contributed by atoms with Gasteiger partial charge in [-0.2, -0.15) is 9.41 Å². The Labute approximate surface area is 255 Å². The molecule has 0 aliphatic heterocycles. The van der Waals surface area contributed by atoms with E-state index in [4.69, 9.17) is 27.6 Å². The van der Waals surface area contributed by atoms with Crippen LogP contribution in [0.5, 0.6) is 0 Å². The molecule has 4 aromatic rings. The molecule has 0 aliphatic carbocycles. The zero-order chi connectivity index (χ0) is 29.6. The molecule has 4 rings (SSSR count). The molecule has 0 fully saturated rings. The van der Waals surface area contributed by atoms with E-state index >= 15 is 0 Å². The van der Waals surface area contributed by atoms with E-state index < -0.39 is 21.8 Å². The lowest BCUT2D eigenvalue weighted by molar-refractivity contribution is -0.136. The molecule has 0 atom stereocenters. The Morgan fingerprint density at radius 2 is 1.68 bits per heavy atom. The molecule has 0 aliphatic rings. The average Bonchev–Trinajstić information content (AvgIpc) is 3.39. The summed E-state index contributed by atoms with van der Waals surface area (Å²) in [5, 5.41) is 6.89. The van der Waals surface area contributed by atoms with E-state index in [0.29, 0.717) is 31.5 Å². The van der Waals surface area contributed by atoms with Gasteiger partial charge in [-0.3, -0.25) is 9.59 Å². The van der Waals surface area contributed by atoms with Gasteiger partial charge in [0.15, 0.2) is 0 Å². The minimum absolute atomic E-state index is 0.0000805. The minimum atomic E-state index is -3.94. The van der Waals surface area contributed by atoms with E-state index in [-0.39, 0.29) is 23.7 Å². The summed E-state index contributed by atoms with van der Waals surface area (Å²) in [5.74, 6) is -1.34. The van der Waals surface area contributed by atoms with Crippen LogP contribution in [0.2, 0.25) is 10.0 Å². The van der Waals surface area contributed by atoms with Crippen molar-refractivity contribution in [2.24, 2.45) is 5.10 Å². The highest BCUT2D eigenvalue weighted by Gasteiger charge is 2.26. The fourth-order valence-electron chi connectivity index (χ4n) is 3.60. The van der Waals surface area contributed by atoms with Crippen LogP contribution in [0.15, 0.2) is 97.7 Å². The van der Waals surface area contributed by atoms with E-state index in [0.717, 1.165) is 5.56 Å². The second kappa shape index (κ2) is 13.5. The van der Waals surface area contributed by atoms with Crippen molar-refractivity contribution in [3.63, 3.8) is 0 Å². The molecule has 0 saturated carbocycles. The van der Waals surface area contributed by atoms with Crippen LogP contribution >= 0.6 is 39.1 Å². The van der Waals surface area contributed by atoms with Gasteiger partial charge < -0.3 is 9.73 Å². The lowest BCUT2D eigenvalue weighted by Gasteiger charge is -2.22. The maximum Gasteiger partial charge on any atom is 0.329 e. The summed E-state index contributed by atoms with van der Waals surface area (Å²) < 4.78 is 34.8. The third kappa shape index (κ3) is 8.05. The number of hydrazone groups is 1. The lowest BCUT2D eigenvalue weighted by Crippen LogP contribution is -2.32. The van der Waals surface area contributed by atoms with Gasteiger partial charge in [0.1, 0.15) is 11.5 Å². The van der Waals surface area contributed by atoms with Gasteiger partial charge in [0, 0.05) is 11.0 Å². The van der Waals surface area contributed by atoms with Crippen LogP contribution in [0.1, 0.15) is 22.6 Å². The van der Waals surface area contributed by atoms with Crippen molar-refractivity contribution in [3.8, 4) is 0 Å². The van der Waals surface area contributed by atoms with Gasteiger partial charge in [-0.05, 0) is 76.9 Å². The zero-order valence-corrected chi connectivity index (χ0v) is 25.4. The molecular formula is C28H23BrCl2N4O5S. The number of nitrogens with zero attached hydrogens (tertiary/aromatic N) is 2. The monoisotopic (exact) mass is 676 g/mol. The molecule has 0 saturated heterocycles. The van der Waals surface area contributed by atoms with Gasteiger partial charge in [-0.25, -0.2) is 13.8 Å². The van der Waals surface area contributed by atoms with Gasteiger partial charge >= 0.3 is 11.8 Å². The van der Waals surface area contributed by atoms with Crippen molar-refractivity contribution in [1.29, 1.82) is 0 Å². The molecule has 0 bridgehead atoms. The van der Waals surface area contributed by atoms with Crippen molar-refractivity contribution in [1.82, 2.24) is 9.73 Å². The molecule has 212 valence electrons. The zero-order valence-electron chi connectivity index (χ0n) is 21.5. The first kappa shape index (κ1) is 30.5. The normalized spacial score (nSPS) is 11.6. The van der Waals surface area contributed by atoms with Gasteiger partial charge in [-0.15, -0.1) is 0 Å². The largest absolute Gasteiger partial charge is 0.459 e. The van der Waals surface area contributed by atoms with Gasteiger partial charge in [0.25, 0.3) is 0 Å². The van der Waals surface area contributed by atoms with Crippen molar-refractivity contribution < 1.29 is 22.4 Å². The maximum absolute atomic E-state index is 13.6. The number of amides is 2. The van der Waals surface area contributed by atoms with Crippen LogP contribution in [0.4, 0.5) is 5.69 Å². The van der Waals surface area contributed by atoms with E-state index in [1.54, 1.807) is 78.9 Å². The number of hydrogen-bond donors (Lipinski definition) is 2. The van der Waals surface area contributed by atoms with Crippen molar-refractivity contribution >= 4 is 72.9 Å². The summed E-state index contributed by atoms with van der Waals surface area (Å²) in [5.41, 5.74) is 4.11. The highest BCUT2D eigenvalue weighted by atomic mass is 79.9. The molecule has 0 spiro atoms. The standard InChI is InChI=1S/C28H23BrCl2N4O5S/c1-18-6-11-22(12-7-18)41(38,39)35(16-19-8-13-24(30)25(31)14-19)17-21-10-9-20(40-21)15-32-34-28(37)27(36)33-26-5-3-2-4-23(26)29/h2-15H,16-17H2,1H3,(H,33,36)(H,34,37)/b32-15+. The Bertz CT molecular complexity index is 1710. The first-order valence-corrected chi connectivity index (χ1v) is 15.0. The number of sulfonamides is 1. The van der Waals surface area contributed by atoms with Crippen molar-refractivity contribution in [3.05, 3.63) is 116 Å². The summed E-state index contributed by atoms with van der Waals surface area (Å²) in [7, 11) is -3.94.